The number of aliphatic carboxylic acids is 1. The fourth-order valence-electron chi connectivity index (χ4n) is 1.66. The van der Waals surface area contributed by atoms with Gasteiger partial charge in [-0.2, -0.15) is 0 Å². The topological polar surface area (TPSA) is 59.4 Å². The third-order valence-electron chi connectivity index (χ3n) is 2.41. The number of carbonyl (C=O) groups is 1. The molecule has 4 nitrogen and oxygen atoms in total. The average molecular weight is 243 g/mol. The maximum Gasteiger partial charge on any atom is 0.331 e. The predicted octanol–water partition coefficient (Wildman–Crippen LogP) is 2.91. The van der Waals surface area contributed by atoms with Crippen molar-refractivity contribution in [3.63, 3.8) is 0 Å². The lowest BCUT2D eigenvalue weighted by Gasteiger charge is -2.06. The van der Waals surface area contributed by atoms with E-state index < -0.39 is 5.97 Å². The first kappa shape index (κ1) is 12.1. The highest BCUT2D eigenvalue weighted by molar-refractivity contribution is 5.81. The molecule has 2 rings (SSSR count). The smallest absolute Gasteiger partial charge is 0.331 e. The second kappa shape index (κ2) is 4.87. The van der Waals surface area contributed by atoms with Crippen LogP contribution in [0.2, 0.25) is 0 Å². The molecule has 0 bridgehead atoms. The van der Waals surface area contributed by atoms with Gasteiger partial charge in [-0.1, -0.05) is 6.07 Å². The number of fused-ring (bicyclic) bond motifs is 1. The van der Waals surface area contributed by atoms with E-state index in [2.05, 4.69) is 4.98 Å². The number of allylic oxidation sites excluding steroid dienone is 1. The Labute approximate surface area is 105 Å². The van der Waals surface area contributed by atoms with Crippen LogP contribution in [0.15, 0.2) is 42.2 Å². The maximum atomic E-state index is 10.5. The number of hydrogen-bond donors (Lipinski definition) is 1. The van der Waals surface area contributed by atoms with Gasteiger partial charge in [0.05, 0.1) is 11.6 Å². The van der Waals surface area contributed by atoms with E-state index >= 15 is 0 Å². The number of carboxylic acids is 1. The summed E-state index contributed by atoms with van der Waals surface area (Å²) in [6.07, 6.45) is 1.03. The van der Waals surface area contributed by atoms with E-state index in [9.17, 15) is 4.79 Å². The summed E-state index contributed by atoms with van der Waals surface area (Å²) in [5.74, 6) is -0.0874. The molecule has 1 N–H and O–H groups in total. The molecule has 0 aliphatic rings. The molecule has 0 aliphatic carbocycles. The first-order chi connectivity index (χ1) is 8.54. The molecular formula is C14H13NO3. The van der Waals surface area contributed by atoms with E-state index in [-0.39, 0.29) is 0 Å². The fourth-order valence-corrected chi connectivity index (χ4v) is 1.66. The SMILES string of the molecule is C/C(=C/C(=O)O)Oc1ccc2nc(C)ccc2c1. The lowest BCUT2D eigenvalue weighted by Crippen LogP contribution is -1.96. The van der Waals surface area contributed by atoms with Gasteiger partial charge in [0, 0.05) is 11.1 Å². The van der Waals surface area contributed by atoms with Crippen molar-refractivity contribution in [2.24, 2.45) is 0 Å². The van der Waals surface area contributed by atoms with Crippen molar-refractivity contribution in [3.05, 3.63) is 47.9 Å². The Morgan fingerprint density at radius 2 is 2.11 bits per heavy atom. The van der Waals surface area contributed by atoms with E-state index in [0.717, 1.165) is 22.7 Å². The summed E-state index contributed by atoms with van der Waals surface area (Å²) in [6.45, 7) is 3.54. The number of rotatable bonds is 3. The van der Waals surface area contributed by atoms with Gasteiger partial charge >= 0.3 is 5.97 Å². The summed E-state index contributed by atoms with van der Waals surface area (Å²) in [7, 11) is 0. The van der Waals surface area contributed by atoms with Gasteiger partial charge in [-0.3, -0.25) is 4.98 Å². The zero-order chi connectivity index (χ0) is 13.1. The van der Waals surface area contributed by atoms with Crippen molar-refractivity contribution in [1.82, 2.24) is 4.98 Å². The largest absolute Gasteiger partial charge is 0.478 e. The summed E-state index contributed by atoms with van der Waals surface area (Å²) >= 11 is 0. The molecule has 2 aromatic rings. The van der Waals surface area contributed by atoms with E-state index in [1.54, 1.807) is 13.0 Å². The molecule has 4 heteroatoms. The van der Waals surface area contributed by atoms with Gasteiger partial charge in [-0.05, 0) is 38.1 Å². The number of benzene rings is 1. The summed E-state index contributed by atoms with van der Waals surface area (Å²) in [6, 6.07) is 9.34. The second-order valence-electron chi connectivity index (χ2n) is 4.00. The van der Waals surface area contributed by atoms with Crippen LogP contribution in [-0.2, 0) is 4.79 Å². The Kier molecular flexibility index (Phi) is 3.28. The highest BCUT2D eigenvalue weighted by Gasteiger charge is 2.01. The molecular weight excluding hydrogens is 230 g/mol. The molecule has 92 valence electrons. The zero-order valence-corrected chi connectivity index (χ0v) is 10.2. The molecule has 1 heterocycles. The second-order valence-corrected chi connectivity index (χ2v) is 4.00. The maximum absolute atomic E-state index is 10.5. The Morgan fingerprint density at radius 3 is 2.83 bits per heavy atom. The van der Waals surface area contributed by atoms with E-state index in [4.69, 9.17) is 9.84 Å². The summed E-state index contributed by atoms with van der Waals surface area (Å²) in [4.78, 5) is 14.9. The summed E-state index contributed by atoms with van der Waals surface area (Å²) in [5, 5.41) is 9.56. The van der Waals surface area contributed by atoms with Crippen LogP contribution >= 0.6 is 0 Å². The fraction of sp³-hybridized carbons (Fsp3) is 0.143. The van der Waals surface area contributed by atoms with E-state index in [1.165, 1.54) is 0 Å². The third-order valence-corrected chi connectivity index (χ3v) is 2.41. The monoisotopic (exact) mass is 243 g/mol. The van der Waals surface area contributed by atoms with Crippen LogP contribution in [0.1, 0.15) is 12.6 Å². The number of carboxylic acid groups (broad SMARTS) is 1. The van der Waals surface area contributed by atoms with Gasteiger partial charge in [-0.25, -0.2) is 4.79 Å². The first-order valence-electron chi connectivity index (χ1n) is 5.51. The van der Waals surface area contributed by atoms with Crippen LogP contribution in [0, 0.1) is 6.92 Å². The average Bonchev–Trinajstić information content (AvgIpc) is 2.28. The summed E-state index contributed by atoms with van der Waals surface area (Å²) < 4.78 is 5.42. The van der Waals surface area contributed by atoms with Crippen LogP contribution in [-0.4, -0.2) is 16.1 Å². The number of pyridine rings is 1. The number of aryl methyl sites for hydroxylation is 1. The van der Waals surface area contributed by atoms with Crippen LogP contribution < -0.4 is 4.74 Å². The molecule has 0 fully saturated rings. The van der Waals surface area contributed by atoms with Crippen molar-refractivity contribution < 1.29 is 14.6 Å². The lowest BCUT2D eigenvalue weighted by molar-refractivity contribution is -0.131. The van der Waals surface area contributed by atoms with Crippen molar-refractivity contribution in [1.29, 1.82) is 0 Å². The molecule has 0 amide bonds. The predicted molar refractivity (Wildman–Crippen MR) is 68.5 cm³/mol. The number of nitrogens with zero attached hydrogens (tertiary/aromatic N) is 1. The van der Waals surface area contributed by atoms with Gasteiger partial charge in [0.2, 0.25) is 0 Å². The lowest BCUT2D eigenvalue weighted by atomic mass is 10.2. The van der Waals surface area contributed by atoms with E-state index in [1.807, 2.05) is 31.2 Å². The minimum absolute atomic E-state index is 0.335. The first-order valence-corrected chi connectivity index (χ1v) is 5.51. The Hall–Kier alpha value is -2.36. The highest BCUT2D eigenvalue weighted by atomic mass is 16.5. The van der Waals surface area contributed by atoms with Crippen LogP contribution in [0.5, 0.6) is 5.75 Å². The molecule has 0 spiro atoms. The van der Waals surface area contributed by atoms with Crippen LogP contribution in [0.4, 0.5) is 0 Å². The molecule has 0 unspecified atom stereocenters. The highest BCUT2D eigenvalue weighted by Crippen LogP contribution is 2.21. The number of ether oxygens (including phenoxy) is 1. The quantitative estimate of drug-likeness (QED) is 0.665. The van der Waals surface area contributed by atoms with Crippen LogP contribution in [0.25, 0.3) is 10.9 Å². The van der Waals surface area contributed by atoms with E-state index in [0.29, 0.717) is 11.5 Å². The van der Waals surface area contributed by atoms with Crippen molar-refractivity contribution >= 4 is 16.9 Å². The zero-order valence-electron chi connectivity index (χ0n) is 10.2. The number of aromatic nitrogens is 1. The van der Waals surface area contributed by atoms with Gasteiger partial charge in [0.15, 0.2) is 0 Å². The standard InChI is InChI=1S/C14H13NO3/c1-9-3-4-11-8-12(5-6-13(11)15-9)18-10(2)7-14(16)17/h3-8H,1-2H3,(H,16,17)/b10-7-. The van der Waals surface area contributed by atoms with Crippen LogP contribution in [0.3, 0.4) is 0 Å². The van der Waals surface area contributed by atoms with Gasteiger partial charge in [0.1, 0.15) is 11.5 Å². The minimum Gasteiger partial charge on any atom is -0.478 e. The van der Waals surface area contributed by atoms with Crippen molar-refractivity contribution in [3.8, 4) is 5.75 Å². The Bertz CT molecular complexity index is 632. The van der Waals surface area contributed by atoms with Gasteiger partial charge in [-0.15, -0.1) is 0 Å². The minimum atomic E-state index is -1.02. The third kappa shape index (κ3) is 2.85. The summed E-state index contributed by atoms with van der Waals surface area (Å²) in [5.41, 5.74) is 1.85. The number of hydrogen-bond acceptors (Lipinski definition) is 3. The molecule has 0 radical (unpaired) electrons. The van der Waals surface area contributed by atoms with Crippen molar-refractivity contribution in [2.75, 3.05) is 0 Å². The molecule has 0 atom stereocenters. The molecule has 0 saturated heterocycles. The van der Waals surface area contributed by atoms with Crippen molar-refractivity contribution in [2.45, 2.75) is 13.8 Å². The Balaban J connectivity index is 2.30. The molecule has 18 heavy (non-hydrogen) atoms. The molecule has 0 saturated carbocycles. The Morgan fingerprint density at radius 1 is 1.33 bits per heavy atom. The molecule has 0 aliphatic heterocycles. The van der Waals surface area contributed by atoms with Gasteiger partial charge < -0.3 is 9.84 Å². The van der Waals surface area contributed by atoms with Gasteiger partial charge in [0.25, 0.3) is 0 Å². The normalized spacial score (nSPS) is 11.6. The molecule has 1 aromatic carbocycles. The molecule has 1 aromatic heterocycles.